The summed E-state index contributed by atoms with van der Waals surface area (Å²) < 4.78 is 0. The Morgan fingerprint density at radius 2 is 1.38 bits per heavy atom. The van der Waals surface area contributed by atoms with Gasteiger partial charge in [0, 0.05) is 12.8 Å². The van der Waals surface area contributed by atoms with E-state index in [-0.39, 0.29) is 30.2 Å². The molecular weight excluding hydrogens is 294 g/mol. The van der Waals surface area contributed by atoms with Crippen LogP contribution in [-0.4, -0.2) is 30.9 Å². The lowest BCUT2D eigenvalue weighted by molar-refractivity contribution is -0.119. The van der Waals surface area contributed by atoms with E-state index in [4.69, 9.17) is 17.2 Å². The Morgan fingerprint density at radius 3 is 1.90 bits per heavy atom. The Bertz CT molecular complexity index is 324. The van der Waals surface area contributed by atoms with Crippen LogP contribution in [0.4, 0.5) is 0 Å². The first kappa shape index (κ1) is 22.1. The zero-order valence-electron chi connectivity index (χ0n) is 12.5. The van der Waals surface area contributed by atoms with Crippen LogP contribution in [0.25, 0.3) is 0 Å². The molecule has 8 heteroatoms. The van der Waals surface area contributed by atoms with Gasteiger partial charge in [-0.3, -0.25) is 14.9 Å². The molecule has 0 radical (unpaired) electrons. The lowest BCUT2D eigenvalue weighted by Crippen LogP contribution is -2.37. The van der Waals surface area contributed by atoms with Crippen LogP contribution in [0.15, 0.2) is 4.99 Å². The quantitative estimate of drug-likeness (QED) is 0.262. The molecule has 0 heterocycles. The number of aliphatic imine (C=N–C) groups is 1. The Kier molecular flexibility index (Phi) is 16.0. The fourth-order valence-corrected chi connectivity index (χ4v) is 1.63. The first-order valence-electron chi connectivity index (χ1n) is 7.17. The molecule has 7 nitrogen and oxygen atoms in total. The van der Waals surface area contributed by atoms with Gasteiger partial charge >= 0.3 is 0 Å². The van der Waals surface area contributed by atoms with Crippen molar-refractivity contribution in [2.75, 3.05) is 13.1 Å². The molecule has 0 saturated carbocycles. The summed E-state index contributed by atoms with van der Waals surface area (Å²) in [6.07, 6.45) is 5.77. The number of unbranched alkanes of at least 4 members (excludes halogenated alkanes) is 4. The van der Waals surface area contributed by atoms with Gasteiger partial charge in [0.15, 0.2) is 0 Å². The lowest BCUT2D eigenvalue weighted by atomic mass is 10.2. The van der Waals surface area contributed by atoms with E-state index in [0.717, 1.165) is 38.5 Å². The van der Waals surface area contributed by atoms with Crippen molar-refractivity contribution >= 4 is 30.2 Å². The van der Waals surface area contributed by atoms with Crippen LogP contribution in [0.1, 0.15) is 51.4 Å². The van der Waals surface area contributed by atoms with E-state index in [1.807, 2.05) is 0 Å². The average molecular weight is 322 g/mol. The summed E-state index contributed by atoms with van der Waals surface area (Å²) in [4.78, 5) is 26.5. The number of guanidine groups is 1. The van der Waals surface area contributed by atoms with Gasteiger partial charge in [-0.2, -0.15) is 4.99 Å². The molecule has 0 aliphatic carbocycles. The van der Waals surface area contributed by atoms with Gasteiger partial charge in [-0.15, -0.1) is 12.4 Å². The monoisotopic (exact) mass is 321 g/mol. The summed E-state index contributed by atoms with van der Waals surface area (Å²) in [6.45, 7) is 1.25. The van der Waals surface area contributed by atoms with E-state index >= 15 is 0 Å². The van der Waals surface area contributed by atoms with Crippen molar-refractivity contribution in [2.24, 2.45) is 22.2 Å². The van der Waals surface area contributed by atoms with Crippen LogP contribution in [-0.2, 0) is 9.59 Å². The second-order valence-electron chi connectivity index (χ2n) is 4.64. The second kappa shape index (κ2) is 15.2. The summed E-state index contributed by atoms with van der Waals surface area (Å²) >= 11 is 0. The van der Waals surface area contributed by atoms with Gasteiger partial charge in [-0.1, -0.05) is 12.8 Å². The number of hydrogen-bond donors (Lipinski definition) is 4. The molecule has 7 N–H and O–H groups in total. The largest absolute Gasteiger partial charge is 0.369 e. The highest BCUT2D eigenvalue weighted by atomic mass is 35.5. The smallest absolute Gasteiger partial charge is 0.248 e. The van der Waals surface area contributed by atoms with Crippen molar-refractivity contribution < 1.29 is 9.59 Å². The molecule has 0 aromatic heterocycles. The summed E-state index contributed by atoms with van der Waals surface area (Å²) in [7, 11) is 0. The molecule has 2 amide bonds. The van der Waals surface area contributed by atoms with Crippen LogP contribution in [0, 0.1) is 0 Å². The van der Waals surface area contributed by atoms with Crippen molar-refractivity contribution in [1.82, 2.24) is 5.32 Å². The molecule has 0 aromatic carbocycles. The number of carbonyl (C=O) groups excluding carboxylic acids is 2. The van der Waals surface area contributed by atoms with Crippen LogP contribution in [0.3, 0.4) is 0 Å². The number of hydrogen-bond acceptors (Lipinski definition) is 4. The fourth-order valence-electron chi connectivity index (χ4n) is 1.63. The third kappa shape index (κ3) is 15.0. The molecule has 21 heavy (non-hydrogen) atoms. The van der Waals surface area contributed by atoms with E-state index < -0.39 is 0 Å². The third-order valence-corrected chi connectivity index (χ3v) is 2.72. The summed E-state index contributed by atoms with van der Waals surface area (Å²) in [5.41, 5.74) is 16.2. The van der Waals surface area contributed by atoms with Gasteiger partial charge in [-0.25, -0.2) is 0 Å². The predicted octanol–water partition coefficient (Wildman–Crippen LogP) is 0.404. The van der Waals surface area contributed by atoms with Gasteiger partial charge in [-0.05, 0) is 38.8 Å². The molecule has 0 aliphatic heterocycles. The third-order valence-electron chi connectivity index (χ3n) is 2.72. The first-order valence-corrected chi connectivity index (χ1v) is 7.17. The van der Waals surface area contributed by atoms with Gasteiger partial charge in [0.25, 0.3) is 0 Å². The minimum absolute atomic E-state index is 0. The maximum atomic E-state index is 11.5. The number of rotatable bonds is 10. The summed E-state index contributed by atoms with van der Waals surface area (Å²) in [5.74, 6) is -0.667. The molecule has 0 fully saturated rings. The van der Waals surface area contributed by atoms with E-state index in [1.54, 1.807) is 0 Å². The highest BCUT2D eigenvalue weighted by Crippen LogP contribution is 2.00. The topological polar surface area (TPSA) is 137 Å². The standard InChI is InChI=1S/C13H27N5O2.ClH/c14-9-5-1-3-7-11(19)17-13(16)18-12(20)8-4-2-6-10-15;/h1-10,14-15H2,(H3,16,17,18,19,20);1H. The number of nitrogens with zero attached hydrogens (tertiary/aromatic N) is 1. The predicted molar refractivity (Wildman–Crippen MR) is 87.1 cm³/mol. The van der Waals surface area contributed by atoms with Crippen molar-refractivity contribution in [2.45, 2.75) is 51.4 Å². The maximum absolute atomic E-state index is 11.5. The summed E-state index contributed by atoms with van der Waals surface area (Å²) in [5, 5.41) is 2.41. The van der Waals surface area contributed by atoms with Gasteiger partial charge in [0.1, 0.15) is 0 Å². The minimum Gasteiger partial charge on any atom is -0.369 e. The Balaban J connectivity index is 0. The normalized spacial score (nSPS) is 10.9. The maximum Gasteiger partial charge on any atom is 0.248 e. The SMILES string of the molecule is Cl.NCCCCCC(=O)N=C(N)NC(=O)CCCCCN. The number of halogens is 1. The van der Waals surface area contributed by atoms with Crippen LogP contribution in [0.5, 0.6) is 0 Å². The van der Waals surface area contributed by atoms with Crippen molar-refractivity contribution in [3.63, 3.8) is 0 Å². The highest BCUT2D eigenvalue weighted by Gasteiger charge is 2.05. The minimum atomic E-state index is -0.317. The second-order valence-corrected chi connectivity index (χ2v) is 4.64. The number of nitrogens with one attached hydrogen (secondary N) is 1. The van der Waals surface area contributed by atoms with Gasteiger partial charge in [0.05, 0.1) is 0 Å². The van der Waals surface area contributed by atoms with Gasteiger partial charge < -0.3 is 17.2 Å². The van der Waals surface area contributed by atoms with Crippen LogP contribution >= 0.6 is 12.4 Å². The molecule has 0 unspecified atom stereocenters. The summed E-state index contributed by atoms with van der Waals surface area (Å²) in [6, 6.07) is 0. The van der Waals surface area contributed by atoms with Crippen molar-refractivity contribution in [3.8, 4) is 0 Å². The Labute approximate surface area is 132 Å². The molecule has 0 saturated heterocycles. The van der Waals surface area contributed by atoms with Crippen LogP contribution < -0.4 is 22.5 Å². The average Bonchev–Trinajstić information content (AvgIpc) is 2.39. The molecule has 0 rings (SSSR count). The molecule has 0 bridgehead atoms. The van der Waals surface area contributed by atoms with Gasteiger partial charge in [0.2, 0.25) is 17.8 Å². The molecule has 0 atom stereocenters. The number of carbonyl (C=O) groups is 2. The molecule has 0 aromatic rings. The number of nitrogens with two attached hydrogens (primary N) is 3. The number of amides is 2. The molecule has 0 spiro atoms. The lowest BCUT2D eigenvalue weighted by Gasteiger charge is -2.04. The Hall–Kier alpha value is -1.18. The van der Waals surface area contributed by atoms with Crippen LogP contribution in [0.2, 0.25) is 0 Å². The van der Waals surface area contributed by atoms with E-state index in [9.17, 15) is 9.59 Å². The zero-order valence-corrected chi connectivity index (χ0v) is 13.3. The van der Waals surface area contributed by atoms with Crippen molar-refractivity contribution in [1.29, 1.82) is 0 Å². The van der Waals surface area contributed by atoms with E-state index in [0.29, 0.717) is 25.9 Å². The first-order chi connectivity index (χ1) is 9.60. The Morgan fingerprint density at radius 1 is 0.857 bits per heavy atom. The molecular formula is C13H28ClN5O2. The van der Waals surface area contributed by atoms with Crippen molar-refractivity contribution in [3.05, 3.63) is 0 Å². The zero-order chi connectivity index (χ0) is 15.2. The van der Waals surface area contributed by atoms with E-state index in [2.05, 4.69) is 10.3 Å². The van der Waals surface area contributed by atoms with E-state index in [1.165, 1.54) is 0 Å². The molecule has 124 valence electrons. The highest BCUT2D eigenvalue weighted by molar-refractivity contribution is 6.01. The molecule has 0 aliphatic rings. The fraction of sp³-hybridized carbons (Fsp3) is 0.769.